The molecule has 1 aliphatic heterocycles. The minimum atomic E-state index is -0.0483. The Kier molecular flexibility index (Phi) is 4.90. The molecular weight excluding hydrogens is 178 g/mol. The van der Waals surface area contributed by atoms with Gasteiger partial charge in [-0.3, -0.25) is 4.79 Å². The molecule has 1 fully saturated rings. The number of carbonyl (C=O) groups is 1. The molecule has 3 N–H and O–H groups in total. The van der Waals surface area contributed by atoms with Gasteiger partial charge in [0, 0.05) is 26.2 Å². The summed E-state index contributed by atoms with van der Waals surface area (Å²) in [5.74, 6) is 0.688. The Bertz CT molecular complexity index is 178. The molecule has 2 unspecified atom stereocenters. The molecule has 0 radical (unpaired) electrons. The number of carbonyl (C=O) groups excluding carboxylic acids is 1. The minimum Gasteiger partial charge on any atom is -0.354 e. The Morgan fingerprint density at radius 1 is 1.57 bits per heavy atom. The lowest BCUT2D eigenvalue weighted by Crippen LogP contribution is -2.56. The highest BCUT2D eigenvalue weighted by atomic mass is 16.2. The molecule has 2 atom stereocenters. The fourth-order valence-corrected chi connectivity index (χ4v) is 1.38. The first-order valence-electron chi connectivity index (χ1n) is 5.45. The van der Waals surface area contributed by atoms with Crippen molar-refractivity contribution in [3.63, 3.8) is 0 Å². The summed E-state index contributed by atoms with van der Waals surface area (Å²) in [5, 5.41) is 9.34. The molecule has 0 bridgehead atoms. The first-order chi connectivity index (χ1) is 6.74. The molecular formula is C10H21N3O. The Labute approximate surface area is 85.8 Å². The molecule has 1 amide bonds. The standard InChI is InChI=1S/C10H21N3O/c1-3-8(2)6-13-10(14)9-7-11-4-5-12-9/h8-9,11-12H,3-7H2,1-2H3,(H,13,14). The summed E-state index contributed by atoms with van der Waals surface area (Å²) in [5.41, 5.74) is 0. The first kappa shape index (κ1) is 11.5. The highest BCUT2D eigenvalue weighted by Gasteiger charge is 2.19. The van der Waals surface area contributed by atoms with E-state index in [4.69, 9.17) is 0 Å². The van der Waals surface area contributed by atoms with Gasteiger partial charge < -0.3 is 16.0 Å². The van der Waals surface area contributed by atoms with Gasteiger partial charge in [0.25, 0.3) is 0 Å². The zero-order chi connectivity index (χ0) is 10.4. The third-order valence-electron chi connectivity index (χ3n) is 2.68. The molecule has 0 aromatic heterocycles. The second-order valence-corrected chi connectivity index (χ2v) is 3.97. The number of piperazine rings is 1. The van der Waals surface area contributed by atoms with Crippen molar-refractivity contribution in [2.24, 2.45) is 5.92 Å². The lowest BCUT2D eigenvalue weighted by atomic mass is 10.1. The topological polar surface area (TPSA) is 53.2 Å². The predicted molar refractivity (Wildman–Crippen MR) is 57.1 cm³/mol. The van der Waals surface area contributed by atoms with Crippen LogP contribution in [0.3, 0.4) is 0 Å². The molecule has 0 aromatic rings. The smallest absolute Gasteiger partial charge is 0.238 e. The third kappa shape index (κ3) is 3.64. The van der Waals surface area contributed by atoms with Crippen LogP contribution in [-0.4, -0.2) is 38.1 Å². The maximum Gasteiger partial charge on any atom is 0.238 e. The van der Waals surface area contributed by atoms with Gasteiger partial charge in [0.15, 0.2) is 0 Å². The second-order valence-electron chi connectivity index (χ2n) is 3.97. The largest absolute Gasteiger partial charge is 0.354 e. The van der Waals surface area contributed by atoms with Crippen molar-refractivity contribution < 1.29 is 4.79 Å². The van der Waals surface area contributed by atoms with E-state index in [-0.39, 0.29) is 11.9 Å². The van der Waals surface area contributed by atoms with Gasteiger partial charge in [0.05, 0.1) is 6.04 Å². The van der Waals surface area contributed by atoms with Crippen LogP contribution in [0.4, 0.5) is 0 Å². The molecule has 0 aromatic carbocycles. The summed E-state index contributed by atoms with van der Waals surface area (Å²) in [6.45, 7) is 7.64. The summed E-state index contributed by atoms with van der Waals surface area (Å²) < 4.78 is 0. The average molecular weight is 199 g/mol. The molecule has 0 spiro atoms. The van der Waals surface area contributed by atoms with Crippen molar-refractivity contribution in [2.75, 3.05) is 26.2 Å². The van der Waals surface area contributed by atoms with Gasteiger partial charge in [0.1, 0.15) is 0 Å². The van der Waals surface area contributed by atoms with Crippen molar-refractivity contribution in [3.05, 3.63) is 0 Å². The number of nitrogens with one attached hydrogen (secondary N) is 3. The van der Waals surface area contributed by atoms with E-state index in [9.17, 15) is 4.79 Å². The van der Waals surface area contributed by atoms with Crippen molar-refractivity contribution in [1.82, 2.24) is 16.0 Å². The Balaban J connectivity index is 2.19. The molecule has 4 heteroatoms. The normalized spacial score (nSPS) is 24.3. The van der Waals surface area contributed by atoms with Gasteiger partial charge in [-0.2, -0.15) is 0 Å². The monoisotopic (exact) mass is 199 g/mol. The SMILES string of the molecule is CCC(C)CNC(=O)C1CNCCN1. The van der Waals surface area contributed by atoms with Crippen molar-refractivity contribution in [3.8, 4) is 0 Å². The van der Waals surface area contributed by atoms with E-state index in [0.29, 0.717) is 5.92 Å². The van der Waals surface area contributed by atoms with Crippen molar-refractivity contribution in [2.45, 2.75) is 26.3 Å². The lowest BCUT2D eigenvalue weighted by molar-refractivity contribution is -0.123. The van der Waals surface area contributed by atoms with E-state index >= 15 is 0 Å². The van der Waals surface area contributed by atoms with E-state index in [1.165, 1.54) is 0 Å². The Morgan fingerprint density at radius 3 is 2.93 bits per heavy atom. The quantitative estimate of drug-likeness (QED) is 0.583. The number of amides is 1. The maximum atomic E-state index is 11.6. The van der Waals surface area contributed by atoms with E-state index in [2.05, 4.69) is 29.8 Å². The van der Waals surface area contributed by atoms with Crippen molar-refractivity contribution >= 4 is 5.91 Å². The van der Waals surface area contributed by atoms with Crippen LogP contribution in [0.25, 0.3) is 0 Å². The fourth-order valence-electron chi connectivity index (χ4n) is 1.38. The molecule has 1 aliphatic rings. The van der Waals surface area contributed by atoms with Gasteiger partial charge in [-0.1, -0.05) is 20.3 Å². The molecule has 0 aliphatic carbocycles. The molecule has 4 nitrogen and oxygen atoms in total. The predicted octanol–water partition coefficient (Wildman–Crippen LogP) is -0.290. The van der Waals surface area contributed by atoms with E-state index in [1.54, 1.807) is 0 Å². The lowest BCUT2D eigenvalue weighted by Gasteiger charge is -2.24. The van der Waals surface area contributed by atoms with Crippen LogP contribution >= 0.6 is 0 Å². The van der Waals surface area contributed by atoms with Crippen LogP contribution in [0, 0.1) is 5.92 Å². The van der Waals surface area contributed by atoms with E-state index in [0.717, 1.165) is 32.6 Å². The van der Waals surface area contributed by atoms with Crippen LogP contribution in [0.1, 0.15) is 20.3 Å². The molecule has 0 saturated carbocycles. The van der Waals surface area contributed by atoms with Crippen LogP contribution in [-0.2, 0) is 4.79 Å². The van der Waals surface area contributed by atoms with E-state index in [1.807, 2.05) is 0 Å². The van der Waals surface area contributed by atoms with Crippen LogP contribution in [0.2, 0.25) is 0 Å². The van der Waals surface area contributed by atoms with Crippen LogP contribution in [0.5, 0.6) is 0 Å². The van der Waals surface area contributed by atoms with Gasteiger partial charge >= 0.3 is 0 Å². The molecule has 1 saturated heterocycles. The highest BCUT2D eigenvalue weighted by Crippen LogP contribution is 1.97. The maximum absolute atomic E-state index is 11.6. The Hall–Kier alpha value is -0.610. The molecule has 1 rings (SSSR count). The summed E-state index contributed by atoms with van der Waals surface area (Å²) in [6.07, 6.45) is 1.11. The van der Waals surface area contributed by atoms with Gasteiger partial charge in [-0.05, 0) is 5.92 Å². The summed E-state index contributed by atoms with van der Waals surface area (Å²) >= 11 is 0. The average Bonchev–Trinajstić information content (AvgIpc) is 2.26. The first-order valence-corrected chi connectivity index (χ1v) is 5.45. The number of hydrogen-bond donors (Lipinski definition) is 3. The summed E-state index contributed by atoms with van der Waals surface area (Å²) in [6, 6.07) is -0.0483. The van der Waals surface area contributed by atoms with Gasteiger partial charge in [-0.25, -0.2) is 0 Å². The molecule has 82 valence electrons. The zero-order valence-electron chi connectivity index (χ0n) is 9.10. The van der Waals surface area contributed by atoms with Gasteiger partial charge in [0.2, 0.25) is 5.91 Å². The third-order valence-corrected chi connectivity index (χ3v) is 2.68. The summed E-state index contributed by atoms with van der Waals surface area (Å²) in [7, 11) is 0. The molecule has 14 heavy (non-hydrogen) atoms. The van der Waals surface area contributed by atoms with Crippen LogP contribution < -0.4 is 16.0 Å². The second kappa shape index (κ2) is 5.98. The fraction of sp³-hybridized carbons (Fsp3) is 0.900. The summed E-state index contributed by atoms with van der Waals surface area (Å²) in [4.78, 5) is 11.6. The van der Waals surface area contributed by atoms with Crippen molar-refractivity contribution in [1.29, 1.82) is 0 Å². The van der Waals surface area contributed by atoms with Gasteiger partial charge in [-0.15, -0.1) is 0 Å². The highest BCUT2D eigenvalue weighted by molar-refractivity contribution is 5.82. The van der Waals surface area contributed by atoms with Crippen LogP contribution in [0.15, 0.2) is 0 Å². The molecule has 1 heterocycles. The number of hydrogen-bond acceptors (Lipinski definition) is 3. The Morgan fingerprint density at radius 2 is 2.36 bits per heavy atom. The minimum absolute atomic E-state index is 0.0483. The zero-order valence-corrected chi connectivity index (χ0v) is 9.10. The number of rotatable bonds is 4. The van der Waals surface area contributed by atoms with E-state index < -0.39 is 0 Å².